The second-order valence-corrected chi connectivity index (χ2v) is 9.70. The Bertz CT molecular complexity index is 1340. The number of rotatable bonds is 12. The molecule has 0 atom stereocenters. The fraction of sp³-hybridized carbons (Fsp3) is 0.375. The molecule has 0 fully saturated rings. The van der Waals surface area contributed by atoms with Crippen molar-refractivity contribution >= 4 is 46.1 Å². The molecule has 4 aromatic rings. The lowest BCUT2D eigenvalue weighted by Gasteiger charge is -2.10. The van der Waals surface area contributed by atoms with E-state index in [1.165, 1.54) is 73.7 Å². The van der Waals surface area contributed by atoms with Crippen LogP contribution in [0.4, 0.5) is 11.4 Å². The molecule has 0 bridgehead atoms. The fourth-order valence-corrected chi connectivity index (χ4v) is 4.95. The maximum absolute atomic E-state index is 8.36. The Balaban J connectivity index is 0.00000111. The third-order valence-electron chi connectivity index (χ3n) is 6.76. The Morgan fingerprint density at radius 3 is 2.00 bits per heavy atom. The van der Waals surface area contributed by atoms with Gasteiger partial charge in [0.05, 0.1) is 16.6 Å². The van der Waals surface area contributed by atoms with Gasteiger partial charge in [0, 0.05) is 48.8 Å². The first-order chi connectivity index (χ1) is 19.5. The molecule has 222 valence electrons. The van der Waals surface area contributed by atoms with Gasteiger partial charge in [0.25, 0.3) is 12.9 Å². The highest BCUT2D eigenvalue weighted by Crippen LogP contribution is 2.23. The zero-order valence-corrected chi connectivity index (χ0v) is 26.2. The van der Waals surface area contributed by atoms with E-state index in [0.717, 1.165) is 35.4 Å². The average Bonchev–Trinajstić information content (AvgIpc) is 2.94. The topological polar surface area (TPSA) is 129 Å². The number of fused-ring (bicyclic) bond motifs is 2. The molecule has 0 saturated heterocycles. The van der Waals surface area contributed by atoms with Gasteiger partial charge in [0.2, 0.25) is 5.52 Å². The van der Waals surface area contributed by atoms with Crippen molar-refractivity contribution in [3.05, 3.63) is 72.1 Å². The van der Waals surface area contributed by atoms with E-state index < -0.39 is 0 Å². The summed E-state index contributed by atoms with van der Waals surface area (Å²) in [5.74, 6) is 0. The number of aryl methyl sites for hydroxylation is 3. The minimum absolute atomic E-state index is 0. The van der Waals surface area contributed by atoms with E-state index in [0.29, 0.717) is 0 Å². The Morgan fingerprint density at radius 2 is 1.34 bits per heavy atom. The third kappa shape index (κ3) is 11.9. The summed E-state index contributed by atoms with van der Waals surface area (Å²) >= 11 is 0. The molecule has 2 aromatic heterocycles. The van der Waals surface area contributed by atoms with Gasteiger partial charge in [-0.25, -0.2) is 0 Å². The van der Waals surface area contributed by atoms with Crippen LogP contribution in [0.15, 0.2) is 60.7 Å². The summed E-state index contributed by atoms with van der Waals surface area (Å²) in [5.41, 5.74) is 13.0. The normalized spacial score (nSPS) is 10.0. The number of carbonyl (C=O) groups is 2. The lowest BCUT2D eigenvalue weighted by molar-refractivity contribution is -0.677. The molecule has 41 heavy (non-hydrogen) atoms. The standard InChI is InChI=1S/C30H38N4.2CH2O2.HI/c1-23-21-29(26-16-9-11-17-28(26)33-23)32-19-13-7-5-3-4-6-8-14-20-34-24(2)22-27(31)25-15-10-12-18-30(25)34;2*2-1-3;/h9-12,15-18,21-22,31H,3-8,13-14,19-20H2,1-2H3,(H,32,33);2*1H,(H,2,3);1H. The predicted octanol–water partition coefficient (Wildman–Crippen LogP) is 3.51. The minimum Gasteiger partial charge on any atom is -1.00 e. The van der Waals surface area contributed by atoms with Gasteiger partial charge in [-0.3, -0.25) is 14.6 Å². The van der Waals surface area contributed by atoms with E-state index in [1.807, 2.05) is 0 Å². The van der Waals surface area contributed by atoms with Crippen LogP contribution in [0.5, 0.6) is 0 Å². The van der Waals surface area contributed by atoms with Gasteiger partial charge < -0.3 is 45.2 Å². The number of unbranched alkanes of at least 4 members (excludes halogenated alkanes) is 7. The molecule has 0 unspecified atom stereocenters. The Morgan fingerprint density at radius 1 is 0.805 bits per heavy atom. The van der Waals surface area contributed by atoms with Crippen LogP contribution in [0.3, 0.4) is 0 Å². The van der Waals surface area contributed by atoms with E-state index in [4.69, 9.17) is 25.5 Å². The molecule has 0 spiro atoms. The van der Waals surface area contributed by atoms with Crippen LogP contribution in [0.1, 0.15) is 62.8 Å². The number of benzene rings is 2. The van der Waals surface area contributed by atoms with E-state index >= 15 is 0 Å². The highest BCUT2D eigenvalue weighted by Gasteiger charge is 2.14. The number of nitrogens with zero attached hydrogens (tertiary/aromatic N) is 2. The molecule has 0 radical (unpaired) electrons. The number of hydrogen-bond acceptors (Lipinski definition) is 5. The molecule has 2 heterocycles. The van der Waals surface area contributed by atoms with Gasteiger partial charge in [-0.05, 0) is 38.0 Å². The minimum atomic E-state index is -0.250. The molecule has 9 heteroatoms. The molecule has 0 amide bonds. The molecule has 0 saturated carbocycles. The molecule has 5 N–H and O–H groups in total. The maximum atomic E-state index is 8.36. The highest BCUT2D eigenvalue weighted by molar-refractivity contribution is 5.91. The zero-order chi connectivity index (χ0) is 29.2. The van der Waals surface area contributed by atoms with Gasteiger partial charge in [0.1, 0.15) is 6.54 Å². The summed E-state index contributed by atoms with van der Waals surface area (Å²) in [6.07, 6.45) is 10.4. The summed E-state index contributed by atoms with van der Waals surface area (Å²) in [6.45, 7) is 5.83. The van der Waals surface area contributed by atoms with E-state index in [-0.39, 0.29) is 36.9 Å². The molecule has 0 aliphatic rings. The van der Waals surface area contributed by atoms with Crippen molar-refractivity contribution in [2.24, 2.45) is 0 Å². The largest absolute Gasteiger partial charge is 1.00 e. The van der Waals surface area contributed by atoms with Crippen LogP contribution in [-0.4, -0.2) is 34.7 Å². The van der Waals surface area contributed by atoms with Gasteiger partial charge in [-0.15, -0.1) is 0 Å². The first-order valence-electron chi connectivity index (χ1n) is 13.9. The van der Waals surface area contributed by atoms with Crippen LogP contribution < -0.4 is 39.6 Å². The smallest absolute Gasteiger partial charge is 0.290 e. The molecular weight excluding hydrogens is 631 g/mol. The lowest BCUT2D eigenvalue weighted by atomic mass is 10.1. The monoisotopic (exact) mass is 674 g/mol. The number of halogens is 1. The quantitative estimate of drug-likeness (QED) is 0.0784. The van der Waals surface area contributed by atoms with Crippen molar-refractivity contribution in [2.45, 2.75) is 71.8 Å². The van der Waals surface area contributed by atoms with Crippen molar-refractivity contribution in [1.29, 1.82) is 0 Å². The van der Waals surface area contributed by atoms with E-state index in [9.17, 15) is 0 Å². The second kappa shape index (κ2) is 20.4. The summed E-state index contributed by atoms with van der Waals surface area (Å²) < 4.78 is 2.42. The number of carboxylic acid groups (broad SMARTS) is 2. The predicted molar refractivity (Wildman–Crippen MR) is 163 cm³/mol. The SMILES string of the molecule is Cc1cc(NCCCCCCCCCC[n+]2c(C)cc(N)c3ccccc32)c2ccccc2n1.O=CO.O=CO.[I-]. The molecule has 2 aromatic carbocycles. The molecule has 4 rings (SSSR count). The van der Waals surface area contributed by atoms with Gasteiger partial charge in [-0.1, -0.05) is 62.4 Å². The number of para-hydroxylation sites is 2. The number of anilines is 2. The van der Waals surface area contributed by atoms with Gasteiger partial charge in [-0.2, -0.15) is 4.57 Å². The molecule has 0 aliphatic carbocycles. The van der Waals surface area contributed by atoms with Gasteiger partial charge >= 0.3 is 0 Å². The summed E-state index contributed by atoms with van der Waals surface area (Å²) in [4.78, 5) is 21.3. The van der Waals surface area contributed by atoms with Crippen molar-refractivity contribution in [2.75, 3.05) is 17.6 Å². The first kappa shape index (κ1) is 35.6. The maximum Gasteiger partial charge on any atom is 0.290 e. The number of pyridine rings is 2. The number of nitrogen functional groups attached to an aromatic ring is 1. The summed E-state index contributed by atoms with van der Waals surface area (Å²) in [7, 11) is 0. The molecule has 0 aliphatic heterocycles. The second-order valence-electron chi connectivity index (χ2n) is 9.70. The Hall–Kier alpha value is -3.47. The van der Waals surface area contributed by atoms with Crippen molar-refractivity contribution in [1.82, 2.24) is 4.98 Å². The Kier molecular flexibility index (Phi) is 17.7. The van der Waals surface area contributed by atoms with Crippen molar-refractivity contribution < 1.29 is 48.3 Å². The lowest BCUT2D eigenvalue weighted by Crippen LogP contribution is -3.00. The van der Waals surface area contributed by atoms with Crippen LogP contribution >= 0.6 is 0 Å². The van der Waals surface area contributed by atoms with E-state index in [1.54, 1.807) is 0 Å². The summed E-state index contributed by atoms with van der Waals surface area (Å²) in [5, 5.41) is 19.8. The van der Waals surface area contributed by atoms with E-state index in [2.05, 4.69) is 89.4 Å². The Labute approximate surface area is 260 Å². The molecular formula is C32H43IN4O4. The number of hydrogen-bond donors (Lipinski definition) is 4. The van der Waals surface area contributed by atoms with Crippen LogP contribution in [0, 0.1) is 13.8 Å². The number of nitrogens with two attached hydrogens (primary N) is 1. The number of aromatic nitrogens is 2. The highest BCUT2D eigenvalue weighted by atomic mass is 127. The van der Waals surface area contributed by atoms with Crippen LogP contribution in [-0.2, 0) is 16.1 Å². The fourth-order valence-electron chi connectivity index (χ4n) is 4.95. The van der Waals surface area contributed by atoms with Crippen molar-refractivity contribution in [3.8, 4) is 0 Å². The third-order valence-corrected chi connectivity index (χ3v) is 6.76. The zero-order valence-electron chi connectivity index (χ0n) is 24.1. The van der Waals surface area contributed by atoms with Crippen LogP contribution in [0.2, 0.25) is 0 Å². The molecule has 8 nitrogen and oxygen atoms in total. The first-order valence-corrected chi connectivity index (χ1v) is 13.9. The van der Waals surface area contributed by atoms with Crippen LogP contribution in [0.25, 0.3) is 21.8 Å². The van der Waals surface area contributed by atoms with Crippen molar-refractivity contribution in [3.63, 3.8) is 0 Å². The summed E-state index contributed by atoms with van der Waals surface area (Å²) in [6, 6.07) is 21.1. The number of nitrogens with one attached hydrogen (secondary N) is 1. The van der Waals surface area contributed by atoms with Gasteiger partial charge in [0.15, 0.2) is 5.69 Å². The average molecular weight is 675 g/mol.